The highest BCUT2D eigenvalue weighted by Crippen LogP contribution is 2.59. The molecule has 0 spiro atoms. The minimum absolute atomic E-state index is 0.0713. The lowest BCUT2D eigenvalue weighted by atomic mass is 10.0. The van der Waals surface area contributed by atoms with Crippen LogP contribution in [0.25, 0.3) is 22.0 Å². The number of halogens is 1. The molecule has 1 saturated heterocycles. The first-order chi connectivity index (χ1) is 31.5. The Labute approximate surface area is 388 Å². The molecular weight excluding hydrogens is 929 g/mol. The molecule has 6 rings (SSSR count). The van der Waals surface area contributed by atoms with Gasteiger partial charge in [0, 0.05) is 56.1 Å². The molecule has 4 heterocycles. The molecule has 2 amide bonds. The van der Waals surface area contributed by atoms with Crippen LogP contribution in [-0.4, -0.2) is 89.8 Å². The molecule has 0 radical (unpaired) electrons. The lowest BCUT2D eigenvalue weighted by Crippen LogP contribution is -2.47. The molecule has 2 N–H and O–H groups in total. The van der Waals surface area contributed by atoms with E-state index in [4.69, 9.17) is 13.8 Å². The number of phosphoric ester groups is 1. The van der Waals surface area contributed by atoms with Crippen LogP contribution in [0.3, 0.4) is 0 Å². The molecule has 3 aromatic heterocycles. The van der Waals surface area contributed by atoms with Gasteiger partial charge in [0.25, 0.3) is 0 Å². The molecule has 0 bridgehead atoms. The largest absolute Gasteiger partial charge is 0.487 e. The predicted molar refractivity (Wildman–Crippen MR) is 244 cm³/mol. The Morgan fingerprint density at radius 3 is 2.35 bits per heavy atom. The number of phosphoric acid groups is 1. The predicted octanol–water partition coefficient (Wildman–Crippen LogP) is 7.22. The Balaban J connectivity index is 1.04. The van der Waals surface area contributed by atoms with Crippen molar-refractivity contribution in [3.63, 3.8) is 0 Å². The lowest BCUT2D eigenvalue weighted by molar-refractivity contribution is -0.138. The number of benzene rings is 1. The average molecular weight is 973 g/mol. The third-order valence-electron chi connectivity index (χ3n) is 10.7. The molecule has 1 aliphatic heterocycles. The minimum Gasteiger partial charge on any atom is -0.487 e. The number of pyridine rings is 1. The zero-order valence-corrected chi connectivity index (χ0v) is 39.2. The Morgan fingerprint density at radius 1 is 0.955 bits per heavy atom. The minimum atomic E-state index is -4.55. The highest BCUT2D eigenvalue weighted by Gasteiger charge is 2.64. The number of piperidine rings is 1. The van der Waals surface area contributed by atoms with Crippen LogP contribution >= 0.6 is 23.8 Å². The maximum Gasteiger partial charge on any atom is 0.472 e. The van der Waals surface area contributed by atoms with Crippen molar-refractivity contribution in [1.82, 2.24) is 29.6 Å². The van der Waals surface area contributed by atoms with Crippen molar-refractivity contribution in [3.8, 4) is 11.1 Å². The first-order valence-electron chi connectivity index (χ1n) is 20.4. The third kappa shape index (κ3) is 12.5. The molecule has 66 heavy (non-hydrogen) atoms. The van der Waals surface area contributed by atoms with E-state index in [1.165, 1.54) is 11.6 Å². The number of hydrogen-bond acceptors (Lipinski definition) is 12. The maximum atomic E-state index is 14.1. The van der Waals surface area contributed by atoms with Gasteiger partial charge in [-0.2, -0.15) is 5.10 Å². The van der Waals surface area contributed by atoms with Crippen LogP contribution in [0.15, 0.2) is 111 Å². The van der Waals surface area contributed by atoms with E-state index in [0.29, 0.717) is 44.7 Å². The molecule has 1 unspecified atom stereocenters. The van der Waals surface area contributed by atoms with Gasteiger partial charge in [-0.1, -0.05) is 18.7 Å². The molecule has 4 aromatic rings. The fraction of sp³-hybridized carbons (Fsp3) is 0.333. The summed E-state index contributed by atoms with van der Waals surface area (Å²) in [6.07, 6.45) is 4.56. The number of hydrogen-bond donors (Lipinski definition) is 2. The Kier molecular flexibility index (Phi) is 15.8. The van der Waals surface area contributed by atoms with E-state index in [-0.39, 0.29) is 73.1 Å². The molecular formula is C48H43BrN7O9P. The number of Topliss-reactive ketones (excluding diaryl/α,β-unsaturated/α-hetero) is 2. The zero-order chi connectivity index (χ0) is 47.6. The number of likely N-dealkylation sites (tertiary alicyclic amines) is 1. The van der Waals surface area contributed by atoms with Crippen LogP contribution in [0.1, 0.15) is 67.5 Å². The molecule has 18 heteroatoms. The number of aromatic nitrogens is 5. The summed E-state index contributed by atoms with van der Waals surface area (Å²) >= 11 is 3.35. The van der Waals surface area contributed by atoms with Crippen LogP contribution in [0.2, 0.25) is 0 Å². The second kappa shape index (κ2) is 21.4. The maximum absolute atomic E-state index is 14.1. The molecule has 4 atom stereocenters. The first-order valence-corrected chi connectivity index (χ1v) is 22.7. The van der Waals surface area contributed by atoms with Crippen LogP contribution in [0.4, 0.5) is 5.82 Å². The van der Waals surface area contributed by atoms with Gasteiger partial charge in [-0.25, -0.2) is 19.5 Å². The summed E-state index contributed by atoms with van der Waals surface area (Å²) in [6.45, 7) is 10.8. The van der Waals surface area contributed by atoms with Gasteiger partial charge >= 0.3 is 7.82 Å². The zero-order valence-electron chi connectivity index (χ0n) is 36.7. The first kappa shape index (κ1) is 48.6. The Hall–Kier alpha value is -6.87. The number of fused-ring (bicyclic) bond motifs is 2. The highest BCUT2D eigenvalue weighted by molar-refractivity contribution is 9.10. The van der Waals surface area contributed by atoms with Crippen LogP contribution in [0, 0.1) is 19.3 Å². The highest BCUT2D eigenvalue weighted by atomic mass is 79.9. The van der Waals surface area contributed by atoms with E-state index >= 15 is 0 Å². The SMILES string of the molecule is C=C=C=C=C=C=C=C=C=C=C=C(C)OCCOP(=O)(O)OCC(=O)CCc1ncc(-c2cc(C)c3c(c2)c(C(C)=O)nn3CC(=O)N2[C@H](C(=O)Nc3nc(Br)ccc3C)C[C@@]3(C)C[C@@H]23)cn1. The number of ketones is 2. The van der Waals surface area contributed by atoms with Crippen molar-refractivity contribution < 1.29 is 42.4 Å². The van der Waals surface area contributed by atoms with E-state index in [1.807, 2.05) is 26.0 Å². The van der Waals surface area contributed by atoms with Gasteiger partial charge in [0.1, 0.15) is 53.5 Å². The standard InChI is InChI=1S/C48H43BrN7O9P/c1-7-8-9-10-11-12-13-14-15-16-33(4)63-21-22-64-66(61,62)65-30-37(58)18-20-42-50-27-36(28-51-42)35-23-32(3)45-38(24-35)44(34(5)57)54-55(45)29-43(59)56-39(25-48(6)26-40(48)56)47(60)53-46-31(2)17-19-41(49)52-46/h17,19,23-24,27-28,39-40H,1,18,20-22,25-26,29-30H2,2-6H3,(H,61,62)(H,52,53,60)/t39-,40+,48-/m0/s1. The second-order valence-electron chi connectivity index (χ2n) is 15.6. The van der Waals surface area contributed by atoms with Crippen molar-refractivity contribution in [2.45, 2.75) is 78.9 Å². The van der Waals surface area contributed by atoms with Crippen molar-refractivity contribution in [1.29, 1.82) is 0 Å². The molecule has 16 nitrogen and oxygen atoms in total. The fourth-order valence-corrected chi connectivity index (χ4v) is 8.35. The number of amides is 2. The number of anilines is 1. The van der Waals surface area contributed by atoms with Gasteiger partial charge in [0.2, 0.25) is 11.8 Å². The van der Waals surface area contributed by atoms with Crippen LogP contribution in [-0.2, 0) is 45.7 Å². The summed E-state index contributed by atoms with van der Waals surface area (Å²) in [5, 5.41) is 8.07. The summed E-state index contributed by atoms with van der Waals surface area (Å²) in [4.78, 5) is 78.1. The number of rotatable bonds is 17. The number of carbonyl (C=O) groups is 4. The summed E-state index contributed by atoms with van der Waals surface area (Å²) in [5.74, 6) is -0.287. The molecule has 1 saturated carbocycles. The normalized spacial score (nSPS) is 17.3. The van der Waals surface area contributed by atoms with Crippen LogP contribution in [0.5, 0.6) is 0 Å². The second-order valence-corrected chi connectivity index (χ2v) is 17.9. The van der Waals surface area contributed by atoms with E-state index in [9.17, 15) is 28.6 Å². The van der Waals surface area contributed by atoms with E-state index < -0.39 is 26.3 Å². The van der Waals surface area contributed by atoms with Gasteiger partial charge in [0.05, 0.1) is 12.1 Å². The number of allylic oxidation sites excluding steroid dienone is 1. The smallest absolute Gasteiger partial charge is 0.472 e. The Bertz CT molecular complexity index is 3100. The third-order valence-corrected chi connectivity index (χ3v) is 12.1. The topological polar surface area (TPSA) is 205 Å². The summed E-state index contributed by atoms with van der Waals surface area (Å²) < 4.78 is 29.5. The fourth-order valence-electron chi connectivity index (χ4n) is 7.35. The van der Waals surface area contributed by atoms with Crippen molar-refractivity contribution in [3.05, 3.63) is 134 Å². The number of aryl methyl sites for hydroxylation is 3. The van der Waals surface area contributed by atoms with Crippen molar-refractivity contribution in [2.75, 3.05) is 25.1 Å². The summed E-state index contributed by atoms with van der Waals surface area (Å²) in [6, 6.07) is 6.54. The molecule has 2 fully saturated rings. The van der Waals surface area contributed by atoms with Crippen molar-refractivity contribution in [2.24, 2.45) is 5.41 Å². The average Bonchev–Trinajstić information content (AvgIpc) is 3.62. The van der Waals surface area contributed by atoms with E-state index in [0.717, 1.165) is 17.5 Å². The lowest BCUT2D eigenvalue weighted by Gasteiger charge is -2.27. The summed E-state index contributed by atoms with van der Waals surface area (Å²) in [7, 11) is -4.55. The number of nitrogens with one attached hydrogen (secondary N) is 1. The van der Waals surface area contributed by atoms with Crippen LogP contribution < -0.4 is 5.32 Å². The number of ether oxygens (including phenoxy) is 1. The quantitative estimate of drug-likeness (QED) is 0.0268. The van der Waals surface area contributed by atoms with Gasteiger partial charge in [-0.05, 0) is 141 Å². The van der Waals surface area contributed by atoms with E-state index in [1.54, 1.807) is 36.4 Å². The number of nitrogens with zero attached hydrogens (tertiary/aromatic N) is 6. The molecule has 2 aliphatic rings. The summed E-state index contributed by atoms with van der Waals surface area (Å²) in [5.41, 5.74) is 28.4. The van der Waals surface area contributed by atoms with Gasteiger partial charge < -0.3 is 19.8 Å². The van der Waals surface area contributed by atoms with Crippen molar-refractivity contribution >= 4 is 63.9 Å². The monoisotopic (exact) mass is 971 g/mol. The van der Waals surface area contributed by atoms with E-state index in [2.05, 4.69) is 112 Å². The Morgan fingerprint density at radius 2 is 1.65 bits per heavy atom. The molecule has 336 valence electrons. The van der Waals surface area contributed by atoms with Gasteiger partial charge in [-0.3, -0.25) is 32.9 Å². The molecule has 1 aliphatic carbocycles. The number of carbonyl (C=O) groups excluding carboxylic acids is 4. The van der Waals surface area contributed by atoms with Gasteiger partial charge in [0.15, 0.2) is 11.6 Å². The molecule has 1 aromatic carbocycles. The van der Waals surface area contributed by atoms with Gasteiger partial charge in [-0.15, -0.1) is 0 Å².